The monoisotopic (exact) mass is 398 g/mol. The SMILES string of the molecule is C=CCc1ccc(O)c(C2=C[C@]3(CC=C)c4cc(CC=C)ccc4O[C@@H]3CC2=O)c1. The number of Topliss-reactive ketones (excluding diaryl/α,β-unsaturated/α-hetero) is 1. The Kier molecular flexibility index (Phi) is 5.21. The molecule has 0 amide bonds. The molecule has 0 saturated carbocycles. The lowest BCUT2D eigenvalue weighted by molar-refractivity contribution is -0.116. The molecule has 1 aliphatic heterocycles. The summed E-state index contributed by atoms with van der Waals surface area (Å²) in [6.07, 6.45) is 9.63. The molecule has 0 radical (unpaired) electrons. The van der Waals surface area contributed by atoms with Gasteiger partial charge in [-0.1, -0.05) is 42.5 Å². The van der Waals surface area contributed by atoms with Gasteiger partial charge in [-0.3, -0.25) is 4.79 Å². The van der Waals surface area contributed by atoms with E-state index in [4.69, 9.17) is 4.74 Å². The molecule has 0 spiro atoms. The maximum atomic E-state index is 13.1. The first-order chi connectivity index (χ1) is 14.5. The van der Waals surface area contributed by atoms with E-state index in [-0.39, 0.29) is 24.1 Å². The molecule has 30 heavy (non-hydrogen) atoms. The zero-order valence-corrected chi connectivity index (χ0v) is 17.1. The Morgan fingerprint density at radius 1 is 1.03 bits per heavy atom. The summed E-state index contributed by atoms with van der Waals surface area (Å²) in [6.45, 7) is 11.6. The van der Waals surface area contributed by atoms with E-state index in [2.05, 4.69) is 25.8 Å². The van der Waals surface area contributed by atoms with E-state index in [1.165, 1.54) is 0 Å². The van der Waals surface area contributed by atoms with E-state index >= 15 is 0 Å². The van der Waals surface area contributed by atoms with Crippen LogP contribution in [0.5, 0.6) is 11.5 Å². The molecule has 3 nitrogen and oxygen atoms in total. The molecular formula is C27H26O3. The summed E-state index contributed by atoms with van der Waals surface area (Å²) in [5.74, 6) is 0.892. The molecule has 0 aromatic heterocycles. The smallest absolute Gasteiger partial charge is 0.167 e. The standard InChI is InChI=1S/C27H26O3/c1-4-7-18-9-11-23(28)20(14-18)21-17-27(13-6-3)22-15-19(8-5-2)10-12-25(22)30-26(27)16-24(21)29/h4-6,9-12,14-15,17,26,28H,1-3,7-8,13,16H2/t26-,27-/m1/s1. The molecule has 0 bridgehead atoms. The summed E-state index contributed by atoms with van der Waals surface area (Å²) in [5.41, 5.74) is 3.85. The number of benzene rings is 2. The maximum Gasteiger partial charge on any atom is 0.167 e. The van der Waals surface area contributed by atoms with Crippen molar-refractivity contribution < 1.29 is 14.6 Å². The van der Waals surface area contributed by atoms with Crippen LogP contribution in [0.3, 0.4) is 0 Å². The Morgan fingerprint density at radius 2 is 1.73 bits per heavy atom. The van der Waals surface area contributed by atoms with Gasteiger partial charge in [0.1, 0.15) is 17.6 Å². The summed E-state index contributed by atoms with van der Waals surface area (Å²) in [6, 6.07) is 11.6. The van der Waals surface area contributed by atoms with Crippen LogP contribution in [-0.4, -0.2) is 17.0 Å². The number of carbonyl (C=O) groups is 1. The van der Waals surface area contributed by atoms with Crippen LogP contribution < -0.4 is 4.74 Å². The Balaban J connectivity index is 1.90. The van der Waals surface area contributed by atoms with E-state index in [9.17, 15) is 9.90 Å². The van der Waals surface area contributed by atoms with E-state index in [0.29, 0.717) is 24.0 Å². The predicted octanol–water partition coefficient (Wildman–Crippen LogP) is 5.48. The van der Waals surface area contributed by atoms with Gasteiger partial charge in [0, 0.05) is 23.1 Å². The Morgan fingerprint density at radius 3 is 2.43 bits per heavy atom. The molecule has 1 heterocycles. The van der Waals surface area contributed by atoms with E-state index < -0.39 is 5.41 Å². The third-order valence-electron chi connectivity index (χ3n) is 6.06. The van der Waals surface area contributed by atoms with Crippen molar-refractivity contribution >= 4 is 11.4 Å². The van der Waals surface area contributed by atoms with Gasteiger partial charge in [0.15, 0.2) is 5.78 Å². The first-order valence-corrected chi connectivity index (χ1v) is 10.2. The lowest BCUT2D eigenvalue weighted by Gasteiger charge is -2.35. The fourth-order valence-corrected chi connectivity index (χ4v) is 4.64. The second kappa shape index (κ2) is 7.83. The minimum atomic E-state index is -0.488. The highest BCUT2D eigenvalue weighted by molar-refractivity contribution is 6.23. The lowest BCUT2D eigenvalue weighted by atomic mass is 9.67. The number of ketones is 1. The summed E-state index contributed by atoms with van der Waals surface area (Å²) in [7, 11) is 0. The number of allylic oxidation sites excluding steroid dienone is 4. The largest absolute Gasteiger partial charge is 0.507 e. The number of carbonyl (C=O) groups excluding carboxylic acids is 1. The number of phenols is 1. The molecule has 0 unspecified atom stereocenters. The Labute approximate surface area is 177 Å². The molecule has 4 rings (SSSR count). The molecule has 0 fully saturated rings. The van der Waals surface area contributed by atoms with Gasteiger partial charge in [0.25, 0.3) is 0 Å². The van der Waals surface area contributed by atoms with Crippen LogP contribution in [0.1, 0.15) is 35.1 Å². The highest BCUT2D eigenvalue weighted by atomic mass is 16.5. The van der Waals surface area contributed by atoms with Gasteiger partial charge in [-0.05, 0) is 48.6 Å². The zero-order chi connectivity index (χ0) is 21.3. The van der Waals surface area contributed by atoms with Gasteiger partial charge < -0.3 is 9.84 Å². The van der Waals surface area contributed by atoms with Gasteiger partial charge in [0.2, 0.25) is 0 Å². The predicted molar refractivity (Wildman–Crippen MR) is 121 cm³/mol. The van der Waals surface area contributed by atoms with Gasteiger partial charge in [-0.2, -0.15) is 0 Å². The summed E-state index contributed by atoms with van der Waals surface area (Å²) < 4.78 is 6.23. The highest BCUT2D eigenvalue weighted by Gasteiger charge is 2.51. The molecule has 2 aromatic carbocycles. The van der Waals surface area contributed by atoms with Crippen molar-refractivity contribution in [3.8, 4) is 11.5 Å². The molecule has 152 valence electrons. The number of ether oxygens (including phenoxy) is 1. The number of fused-ring (bicyclic) bond motifs is 3. The number of hydrogen-bond acceptors (Lipinski definition) is 3. The topological polar surface area (TPSA) is 46.5 Å². The first kappa shape index (κ1) is 20.0. The summed E-state index contributed by atoms with van der Waals surface area (Å²) in [5, 5.41) is 10.6. The molecular weight excluding hydrogens is 372 g/mol. The first-order valence-electron chi connectivity index (χ1n) is 10.2. The molecule has 1 N–H and O–H groups in total. The molecule has 2 aliphatic rings. The summed E-state index contributed by atoms with van der Waals surface area (Å²) >= 11 is 0. The van der Waals surface area contributed by atoms with Gasteiger partial charge in [-0.25, -0.2) is 0 Å². The van der Waals surface area contributed by atoms with Crippen LogP contribution >= 0.6 is 0 Å². The Bertz CT molecular complexity index is 1080. The van der Waals surface area contributed by atoms with Crippen LogP contribution in [0.25, 0.3) is 5.57 Å². The number of phenolic OH excluding ortho intramolecular Hbond substituents is 1. The van der Waals surface area contributed by atoms with Crippen LogP contribution in [-0.2, 0) is 23.1 Å². The average Bonchev–Trinajstić information content (AvgIpc) is 3.02. The third-order valence-corrected chi connectivity index (χ3v) is 6.06. The minimum Gasteiger partial charge on any atom is -0.507 e. The van der Waals surface area contributed by atoms with Crippen molar-refractivity contribution in [2.75, 3.05) is 0 Å². The quantitative estimate of drug-likeness (QED) is 0.628. The Hall–Kier alpha value is -3.33. The third kappa shape index (κ3) is 3.21. The van der Waals surface area contributed by atoms with Crippen molar-refractivity contribution in [1.82, 2.24) is 0 Å². The maximum absolute atomic E-state index is 13.1. The normalized spacial score (nSPS) is 21.8. The van der Waals surface area contributed by atoms with Gasteiger partial charge in [-0.15, -0.1) is 19.7 Å². The lowest BCUT2D eigenvalue weighted by Crippen LogP contribution is -2.41. The van der Waals surface area contributed by atoms with Gasteiger partial charge >= 0.3 is 0 Å². The molecule has 3 heteroatoms. The minimum absolute atomic E-state index is 0.0233. The molecule has 1 aliphatic carbocycles. The van der Waals surface area contributed by atoms with E-state index in [1.807, 2.05) is 48.6 Å². The fraction of sp³-hybridized carbons (Fsp3) is 0.222. The van der Waals surface area contributed by atoms with E-state index in [1.54, 1.807) is 6.07 Å². The van der Waals surface area contributed by atoms with Crippen molar-refractivity contribution in [2.24, 2.45) is 0 Å². The van der Waals surface area contributed by atoms with Crippen molar-refractivity contribution in [3.05, 3.63) is 103 Å². The molecule has 2 atom stereocenters. The second-order valence-corrected chi connectivity index (χ2v) is 7.99. The number of hydrogen-bond donors (Lipinski definition) is 1. The van der Waals surface area contributed by atoms with Crippen molar-refractivity contribution in [3.63, 3.8) is 0 Å². The van der Waals surface area contributed by atoms with E-state index in [0.717, 1.165) is 28.9 Å². The van der Waals surface area contributed by atoms with Crippen LogP contribution in [0.2, 0.25) is 0 Å². The van der Waals surface area contributed by atoms with Crippen molar-refractivity contribution in [1.29, 1.82) is 0 Å². The van der Waals surface area contributed by atoms with Crippen LogP contribution in [0.4, 0.5) is 0 Å². The van der Waals surface area contributed by atoms with Crippen LogP contribution in [0, 0.1) is 0 Å². The zero-order valence-electron chi connectivity index (χ0n) is 17.1. The van der Waals surface area contributed by atoms with Crippen molar-refractivity contribution in [2.45, 2.75) is 37.2 Å². The van der Waals surface area contributed by atoms with Crippen LogP contribution in [0.15, 0.2) is 80.4 Å². The molecule has 0 saturated heterocycles. The highest BCUT2D eigenvalue weighted by Crippen LogP contribution is 2.52. The average molecular weight is 399 g/mol. The summed E-state index contributed by atoms with van der Waals surface area (Å²) in [4.78, 5) is 13.1. The molecule has 2 aromatic rings. The number of rotatable bonds is 7. The second-order valence-electron chi connectivity index (χ2n) is 7.99. The van der Waals surface area contributed by atoms with Gasteiger partial charge in [0.05, 0.1) is 5.41 Å². The fourth-order valence-electron chi connectivity index (χ4n) is 4.64. The number of aromatic hydroxyl groups is 1.